The molecule has 0 aliphatic carbocycles. The topological polar surface area (TPSA) is 64.3 Å². The SMILES string of the molecule is COCc1c(Br)cccc1NC(=O)C(N)c1ccccc1. The number of amides is 1. The minimum atomic E-state index is -0.708. The molecule has 0 aliphatic heterocycles. The molecule has 0 saturated heterocycles. The monoisotopic (exact) mass is 348 g/mol. The summed E-state index contributed by atoms with van der Waals surface area (Å²) in [5.74, 6) is -0.253. The Hall–Kier alpha value is -1.69. The maximum absolute atomic E-state index is 12.3. The van der Waals surface area contributed by atoms with Gasteiger partial charge in [0.25, 0.3) is 0 Å². The number of hydrogen-bond donors (Lipinski definition) is 2. The van der Waals surface area contributed by atoms with E-state index in [0.717, 1.165) is 15.6 Å². The van der Waals surface area contributed by atoms with E-state index >= 15 is 0 Å². The van der Waals surface area contributed by atoms with Crippen molar-refractivity contribution in [1.29, 1.82) is 0 Å². The Labute approximate surface area is 132 Å². The number of ether oxygens (including phenoxy) is 1. The summed E-state index contributed by atoms with van der Waals surface area (Å²) in [7, 11) is 1.61. The third-order valence-electron chi connectivity index (χ3n) is 3.11. The van der Waals surface area contributed by atoms with Crippen LogP contribution in [-0.2, 0) is 16.1 Å². The zero-order valence-corrected chi connectivity index (χ0v) is 13.3. The molecule has 3 N–H and O–H groups in total. The van der Waals surface area contributed by atoms with Gasteiger partial charge in [-0.3, -0.25) is 4.79 Å². The first-order chi connectivity index (χ1) is 10.1. The van der Waals surface area contributed by atoms with Crippen molar-refractivity contribution in [3.8, 4) is 0 Å². The Kier molecular flexibility index (Phi) is 5.50. The fourth-order valence-electron chi connectivity index (χ4n) is 1.99. The molecule has 0 saturated carbocycles. The molecule has 0 heterocycles. The molecular formula is C16H17BrN2O2. The van der Waals surface area contributed by atoms with Crippen LogP contribution in [0.5, 0.6) is 0 Å². The van der Waals surface area contributed by atoms with Crippen LogP contribution in [0.25, 0.3) is 0 Å². The van der Waals surface area contributed by atoms with Crippen molar-refractivity contribution in [2.75, 3.05) is 12.4 Å². The van der Waals surface area contributed by atoms with Gasteiger partial charge in [0.05, 0.1) is 6.61 Å². The lowest BCUT2D eigenvalue weighted by molar-refractivity contribution is -0.117. The standard InChI is InChI=1S/C16H17BrN2O2/c1-21-10-12-13(17)8-5-9-14(12)19-16(20)15(18)11-6-3-2-4-7-11/h2-9,15H,10,18H2,1H3,(H,19,20). The van der Waals surface area contributed by atoms with Crippen molar-refractivity contribution < 1.29 is 9.53 Å². The second kappa shape index (κ2) is 7.36. The van der Waals surface area contributed by atoms with Crippen molar-refractivity contribution in [2.45, 2.75) is 12.6 Å². The van der Waals surface area contributed by atoms with E-state index in [9.17, 15) is 4.79 Å². The molecule has 1 unspecified atom stereocenters. The van der Waals surface area contributed by atoms with Gasteiger partial charge in [-0.2, -0.15) is 0 Å². The first kappa shape index (κ1) is 15.7. The normalized spacial score (nSPS) is 12.0. The van der Waals surface area contributed by atoms with E-state index in [0.29, 0.717) is 12.3 Å². The molecule has 5 heteroatoms. The molecule has 0 spiro atoms. The van der Waals surface area contributed by atoms with Gasteiger partial charge in [-0.1, -0.05) is 52.3 Å². The first-order valence-electron chi connectivity index (χ1n) is 6.51. The maximum Gasteiger partial charge on any atom is 0.245 e. The summed E-state index contributed by atoms with van der Waals surface area (Å²) in [5.41, 5.74) is 8.35. The van der Waals surface area contributed by atoms with Crippen LogP contribution in [0.1, 0.15) is 17.2 Å². The summed E-state index contributed by atoms with van der Waals surface area (Å²) >= 11 is 3.46. The van der Waals surface area contributed by atoms with Gasteiger partial charge in [0.2, 0.25) is 5.91 Å². The first-order valence-corrected chi connectivity index (χ1v) is 7.30. The second-order valence-electron chi connectivity index (χ2n) is 4.58. The molecule has 110 valence electrons. The van der Waals surface area contributed by atoms with Crippen LogP contribution in [0.4, 0.5) is 5.69 Å². The fraction of sp³-hybridized carbons (Fsp3) is 0.188. The summed E-state index contributed by atoms with van der Waals surface area (Å²) in [4.78, 5) is 12.3. The van der Waals surface area contributed by atoms with Gasteiger partial charge in [-0.05, 0) is 17.7 Å². The van der Waals surface area contributed by atoms with Gasteiger partial charge in [0.1, 0.15) is 6.04 Å². The van der Waals surface area contributed by atoms with Gasteiger partial charge >= 0.3 is 0 Å². The number of hydrogen-bond acceptors (Lipinski definition) is 3. The van der Waals surface area contributed by atoms with Crippen molar-refractivity contribution in [1.82, 2.24) is 0 Å². The van der Waals surface area contributed by atoms with Crippen LogP contribution in [0, 0.1) is 0 Å². The lowest BCUT2D eigenvalue weighted by Crippen LogP contribution is -2.28. The third-order valence-corrected chi connectivity index (χ3v) is 3.85. The van der Waals surface area contributed by atoms with Gasteiger partial charge in [-0.25, -0.2) is 0 Å². The molecule has 0 fully saturated rings. The number of nitrogens with two attached hydrogens (primary N) is 1. The number of anilines is 1. The molecule has 4 nitrogen and oxygen atoms in total. The van der Waals surface area contributed by atoms with Crippen molar-refractivity contribution >= 4 is 27.5 Å². The molecule has 0 bridgehead atoms. The highest BCUT2D eigenvalue weighted by Gasteiger charge is 2.17. The number of carbonyl (C=O) groups is 1. The van der Waals surface area contributed by atoms with E-state index in [4.69, 9.17) is 10.5 Å². The quantitative estimate of drug-likeness (QED) is 0.871. The largest absolute Gasteiger partial charge is 0.380 e. The second-order valence-corrected chi connectivity index (χ2v) is 5.43. The van der Waals surface area contributed by atoms with Crippen molar-refractivity contribution in [3.05, 3.63) is 64.1 Å². The average Bonchev–Trinajstić information content (AvgIpc) is 2.51. The summed E-state index contributed by atoms with van der Waals surface area (Å²) in [6.45, 7) is 0.400. The van der Waals surface area contributed by atoms with Crippen LogP contribution >= 0.6 is 15.9 Å². The van der Waals surface area contributed by atoms with Gasteiger partial charge in [0.15, 0.2) is 0 Å². The highest BCUT2D eigenvalue weighted by Crippen LogP contribution is 2.26. The minimum absolute atomic E-state index is 0.253. The predicted octanol–water partition coefficient (Wildman–Crippen LogP) is 3.23. The summed E-state index contributed by atoms with van der Waals surface area (Å²) in [6.07, 6.45) is 0. The molecule has 21 heavy (non-hydrogen) atoms. The number of nitrogens with one attached hydrogen (secondary N) is 1. The van der Waals surface area contributed by atoms with Gasteiger partial charge < -0.3 is 15.8 Å². The molecule has 0 aromatic heterocycles. The van der Waals surface area contributed by atoms with Crippen LogP contribution in [0.3, 0.4) is 0 Å². The highest BCUT2D eigenvalue weighted by atomic mass is 79.9. The van der Waals surface area contributed by atoms with E-state index in [-0.39, 0.29) is 5.91 Å². The van der Waals surface area contributed by atoms with E-state index in [2.05, 4.69) is 21.2 Å². The molecule has 2 rings (SSSR count). The predicted molar refractivity (Wildman–Crippen MR) is 86.9 cm³/mol. The van der Waals surface area contributed by atoms with Gasteiger partial charge in [0, 0.05) is 22.8 Å². The lowest BCUT2D eigenvalue weighted by atomic mass is 10.1. The Balaban J connectivity index is 2.18. The molecule has 0 radical (unpaired) electrons. The molecule has 1 atom stereocenters. The average molecular weight is 349 g/mol. The summed E-state index contributed by atoms with van der Waals surface area (Å²) in [5, 5.41) is 2.86. The zero-order valence-electron chi connectivity index (χ0n) is 11.7. The van der Waals surface area contributed by atoms with Gasteiger partial charge in [-0.15, -0.1) is 0 Å². The molecule has 2 aromatic rings. The number of rotatable bonds is 5. The summed E-state index contributed by atoms with van der Waals surface area (Å²) in [6, 6.07) is 14.2. The smallest absolute Gasteiger partial charge is 0.245 e. The Morgan fingerprint density at radius 3 is 2.62 bits per heavy atom. The Morgan fingerprint density at radius 1 is 1.24 bits per heavy atom. The van der Waals surface area contributed by atoms with Crippen LogP contribution in [0.15, 0.2) is 53.0 Å². The number of benzene rings is 2. The number of halogens is 1. The molecule has 1 amide bonds. The minimum Gasteiger partial charge on any atom is -0.380 e. The van der Waals surface area contributed by atoms with Crippen LogP contribution in [0.2, 0.25) is 0 Å². The van der Waals surface area contributed by atoms with Crippen molar-refractivity contribution in [2.24, 2.45) is 5.73 Å². The van der Waals surface area contributed by atoms with E-state index in [1.165, 1.54) is 0 Å². The Bertz CT molecular complexity index is 617. The van der Waals surface area contributed by atoms with E-state index in [1.54, 1.807) is 7.11 Å². The van der Waals surface area contributed by atoms with E-state index < -0.39 is 6.04 Å². The van der Waals surface area contributed by atoms with Crippen molar-refractivity contribution in [3.63, 3.8) is 0 Å². The Morgan fingerprint density at radius 2 is 1.95 bits per heavy atom. The number of methoxy groups -OCH3 is 1. The maximum atomic E-state index is 12.3. The number of carbonyl (C=O) groups excluding carboxylic acids is 1. The third kappa shape index (κ3) is 3.91. The molecule has 2 aromatic carbocycles. The summed E-state index contributed by atoms with van der Waals surface area (Å²) < 4.78 is 6.05. The highest BCUT2D eigenvalue weighted by molar-refractivity contribution is 9.10. The molecular weight excluding hydrogens is 332 g/mol. The van der Waals surface area contributed by atoms with Crippen LogP contribution in [-0.4, -0.2) is 13.0 Å². The lowest BCUT2D eigenvalue weighted by Gasteiger charge is -2.16. The van der Waals surface area contributed by atoms with Crippen LogP contribution < -0.4 is 11.1 Å². The van der Waals surface area contributed by atoms with E-state index in [1.807, 2.05) is 48.5 Å². The fourth-order valence-corrected chi connectivity index (χ4v) is 2.47. The zero-order chi connectivity index (χ0) is 15.2. The molecule has 0 aliphatic rings.